The third-order valence-electron chi connectivity index (χ3n) is 5.85. The van der Waals surface area contributed by atoms with E-state index >= 15 is 0 Å². The van der Waals surface area contributed by atoms with Gasteiger partial charge in [0.25, 0.3) is 5.91 Å². The van der Waals surface area contributed by atoms with Gasteiger partial charge in [0.1, 0.15) is 25.0 Å². The number of rotatable bonds is 7. The third-order valence-corrected chi connectivity index (χ3v) is 5.85. The lowest BCUT2D eigenvalue weighted by atomic mass is 10.0. The lowest BCUT2D eigenvalue weighted by Crippen LogP contribution is -2.37. The minimum Gasteiger partial charge on any atom is -0.497 e. The number of aromatic nitrogens is 1. The molecule has 8 heteroatoms. The fraction of sp³-hybridized carbons (Fsp3) is 0.185. The summed E-state index contributed by atoms with van der Waals surface area (Å²) in [4.78, 5) is 29.6. The number of ether oxygens (including phenoxy) is 3. The van der Waals surface area contributed by atoms with Crippen molar-refractivity contribution in [3.05, 3.63) is 84.1 Å². The predicted molar refractivity (Wildman–Crippen MR) is 132 cm³/mol. The molecule has 5 rings (SSSR count). The summed E-state index contributed by atoms with van der Waals surface area (Å²) < 4.78 is 16.4. The van der Waals surface area contributed by atoms with Crippen molar-refractivity contribution in [3.8, 4) is 17.2 Å². The number of para-hydroxylation sites is 1. The van der Waals surface area contributed by atoms with Crippen LogP contribution >= 0.6 is 0 Å². The molecular formula is C27H25N3O5. The summed E-state index contributed by atoms with van der Waals surface area (Å²) in [5, 5.41) is 6.76. The summed E-state index contributed by atoms with van der Waals surface area (Å²) in [7, 11) is 1.57. The zero-order valence-corrected chi connectivity index (χ0v) is 19.2. The quantitative estimate of drug-likeness (QED) is 0.378. The highest BCUT2D eigenvalue weighted by Gasteiger charge is 2.24. The van der Waals surface area contributed by atoms with Crippen molar-refractivity contribution >= 4 is 28.4 Å². The van der Waals surface area contributed by atoms with Crippen LogP contribution < -0.4 is 24.8 Å². The van der Waals surface area contributed by atoms with E-state index in [4.69, 9.17) is 14.2 Å². The van der Waals surface area contributed by atoms with Crippen molar-refractivity contribution in [1.29, 1.82) is 0 Å². The highest BCUT2D eigenvalue weighted by Crippen LogP contribution is 2.33. The number of benzene rings is 3. The summed E-state index contributed by atoms with van der Waals surface area (Å²) >= 11 is 0. The molecule has 3 N–H and O–H groups in total. The number of anilines is 1. The number of nitrogens with one attached hydrogen (secondary N) is 3. The van der Waals surface area contributed by atoms with Crippen molar-refractivity contribution in [2.75, 3.05) is 25.6 Å². The SMILES string of the molecule is COc1ccc([C@H](NC(=O)Cc2c[nH]c3ccccc23)C(=O)Nc2ccc3c(c2)OCCO3)cc1. The van der Waals surface area contributed by atoms with Crippen molar-refractivity contribution < 1.29 is 23.8 Å². The second-order valence-electron chi connectivity index (χ2n) is 8.16. The summed E-state index contributed by atoms with van der Waals surface area (Å²) in [5.41, 5.74) is 2.99. The molecule has 35 heavy (non-hydrogen) atoms. The average Bonchev–Trinajstić information content (AvgIpc) is 3.30. The fourth-order valence-corrected chi connectivity index (χ4v) is 4.10. The number of H-pyrrole nitrogens is 1. The van der Waals surface area contributed by atoms with Crippen LogP contribution in [0.5, 0.6) is 17.2 Å². The van der Waals surface area contributed by atoms with Crippen molar-refractivity contribution in [2.45, 2.75) is 12.5 Å². The first-order chi connectivity index (χ1) is 17.1. The van der Waals surface area contributed by atoms with Crippen LogP contribution in [0.25, 0.3) is 10.9 Å². The summed E-state index contributed by atoms with van der Waals surface area (Å²) in [6, 6.07) is 19.1. The van der Waals surface area contributed by atoms with Crippen LogP contribution in [0.4, 0.5) is 5.69 Å². The van der Waals surface area contributed by atoms with E-state index in [1.165, 1.54) is 0 Å². The van der Waals surface area contributed by atoms with Gasteiger partial charge in [0, 0.05) is 28.9 Å². The van der Waals surface area contributed by atoms with E-state index in [-0.39, 0.29) is 18.2 Å². The van der Waals surface area contributed by atoms with Gasteiger partial charge in [0.05, 0.1) is 13.5 Å². The summed E-state index contributed by atoms with van der Waals surface area (Å²) in [6.07, 6.45) is 1.95. The number of hydrogen-bond donors (Lipinski definition) is 3. The molecule has 0 fully saturated rings. The molecule has 4 aromatic rings. The minimum absolute atomic E-state index is 0.133. The van der Waals surface area contributed by atoms with Gasteiger partial charge in [-0.05, 0) is 41.5 Å². The maximum atomic E-state index is 13.4. The zero-order chi connectivity index (χ0) is 24.2. The van der Waals surface area contributed by atoms with Gasteiger partial charge in [-0.15, -0.1) is 0 Å². The van der Waals surface area contributed by atoms with E-state index in [1.807, 2.05) is 30.5 Å². The summed E-state index contributed by atoms with van der Waals surface area (Å²) in [6.45, 7) is 0.934. The van der Waals surface area contributed by atoms with Gasteiger partial charge in [-0.3, -0.25) is 9.59 Å². The molecule has 1 atom stereocenters. The van der Waals surface area contributed by atoms with E-state index in [9.17, 15) is 9.59 Å². The van der Waals surface area contributed by atoms with E-state index < -0.39 is 6.04 Å². The molecule has 3 aromatic carbocycles. The molecule has 1 aliphatic heterocycles. The predicted octanol–water partition coefficient (Wildman–Crippen LogP) is 3.99. The van der Waals surface area contributed by atoms with Gasteiger partial charge in [0.15, 0.2) is 11.5 Å². The normalized spacial score (nSPS) is 13.2. The monoisotopic (exact) mass is 471 g/mol. The Balaban J connectivity index is 1.36. The largest absolute Gasteiger partial charge is 0.497 e. The first-order valence-electron chi connectivity index (χ1n) is 11.3. The number of fused-ring (bicyclic) bond motifs is 2. The number of amides is 2. The molecule has 2 heterocycles. The Morgan fingerprint density at radius 1 is 1.00 bits per heavy atom. The lowest BCUT2D eigenvalue weighted by molar-refractivity contribution is -0.126. The van der Waals surface area contributed by atoms with E-state index in [1.54, 1.807) is 49.6 Å². The molecule has 0 unspecified atom stereocenters. The van der Waals surface area contributed by atoms with Crippen LogP contribution in [0.1, 0.15) is 17.2 Å². The molecule has 0 saturated heterocycles. The molecule has 2 amide bonds. The Hall–Kier alpha value is -4.46. The number of hydrogen-bond acceptors (Lipinski definition) is 5. The van der Waals surface area contributed by atoms with Gasteiger partial charge in [-0.1, -0.05) is 30.3 Å². The van der Waals surface area contributed by atoms with Crippen LogP contribution in [0, 0.1) is 0 Å². The highest BCUT2D eigenvalue weighted by molar-refractivity contribution is 5.99. The van der Waals surface area contributed by atoms with Crippen LogP contribution in [-0.2, 0) is 16.0 Å². The lowest BCUT2D eigenvalue weighted by Gasteiger charge is -2.21. The van der Waals surface area contributed by atoms with E-state index in [2.05, 4.69) is 15.6 Å². The van der Waals surface area contributed by atoms with Crippen LogP contribution in [-0.4, -0.2) is 37.1 Å². The maximum absolute atomic E-state index is 13.4. The van der Waals surface area contributed by atoms with Crippen LogP contribution in [0.15, 0.2) is 72.9 Å². The standard InChI is InChI=1S/C27H25N3O5/c1-33-20-9-6-17(7-10-20)26(27(32)29-19-8-11-23-24(15-19)35-13-12-34-23)30-25(31)14-18-16-28-22-5-3-2-4-21(18)22/h2-11,15-16,26,28H,12-14H2,1H3,(H,29,32)(H,30,31)/t26-/m0/s1. The Bertz CT molecular complexity index is 1360. The summed E-state index contributed by atoms with van der Waals surface area (Å²) in [5.74, 6) is 1.21. The minimum atomic E-state index is -0.910. The molecule has 1 aliphatic rings. The Labute approximate surface area is 202 Å². The van der Waals surface area contributed by atoms with Crippen LogP contribution in [0.2, 0.25) is 0 Å². The van der Waals surface area contributed by atoms with Crippen molar-refractivity contribution in [1.82, 2.24) is 10.3 Å². The van der Waals surface area contributed by atoms with E-state index in [0.29, 0.717) is 41.7 Å². The molecule has 0 bridgehead atoms. The number of methoxy groups -OCH3 is 1. The first kappa shape index (κ1) is 22.3. The Kier molecular flexibility index (Phi) is 6.26. The first-order valence-corrected chi connectivity index (χ1v) is 11.3. The molecule has 178 valence electrons. The van der Waals surface area contributed by atoms with Crippen LogP contribution in [0.3, 0.4) is 0 Å². The average molecular weight is 472 g/mol. The van der Waals surface area contributed by atoms with Gasteiger partial charge in [-0.2, -0.15) is 0 Å². The second-order valence-corrected chi connectivity index (χ2v) is 8.16. The number of carbonyl (C=O) groups is 2. The molecule has 0 spiro atoms. The molecule has 0 radical (unpaired) electrons. The van der Waals surface area contributed by atoms with Gasteiger partial charge in [-0.25, -0.2) is 0 Å². The molecule has 0 aliphatic carbocycles. The third kappa shape index (κ3) is 4.91. The highest BCUT2D eigenvalue weighted by atomic mass is 16.6. The molecule has 1 aromatic heterocycles. The van der Waals surface area contributed by atoms with E-state index in [0.717, 1.165) is 16.5 Å². The van der Waals surface area contributed by atoms with Gasteiger partial charge in [0.2, 0.25) is 5.91 Å². The number of aromatic amines is 1. The smallest absolute Gasteiger partial charge is 0.251 e. The Morgan fingerprint density at radius 2 is 1.77 bits per heavy atom. The van der Waals surface area contributed by atoms with Gasteiger partial charge < -0.3 is 29.8 Å². The fourth-order valence-electron chi connectivity index (χ4n) is 4.10. The molecule has 8 nitrogen and oxygen atoms in total. The maximum Gasteiger partial charge on any atom is 0.251 e. The van der Waals surface area contributed by atoms with Gasteiger partial charge >= 0.3 is 0 Å². The van der Waals surface area contributed by atoms with Crippen molar-refractivity contribution in [3.63, 3.8) is 0 Å². The second kappa shape index (κ2) is 9.80. The Morgan fingerprint density at radius 3 is 2.57 bits per heavy atom. The number of carbonyl (C=O) groups excluding carboxylic acids is 2. The molecular weight excluding hydrogens is 446 g/mol. The zero-order valence-electron chi connectivity index (χ0n) is 19.2. The topological polar surface area (TPSA) is 102 Å². The van der Waals surface area contributed by atoms with Crippen molar-refractivity contribution in [2.24, 2.45) is 0 Å². The molecule has 0 saturated carbocycles.